The molecule has 1 aliphatic carbocycles. The quantitative estimate of drug-likeness (QED) is 0.585. The van der Waals surface area contributed by atoms with Crippen LogP contribution in [0.3, 0.4) is 0 Å². The van der Waals surface area contributed by atoms with E-state index in [0.717, 1.165) is 23.3 Å². The molecule has 0 atom stereocenters. The summed E-state index contributed by atoms with van der Waals surface area (Å²) in [4.78, 5) is 24.9. The lowest BCUT2D eigenvalue weighted by Gasteiger charge is -2.04. The summed E-state index contributed by atoms with van der Waals surface area (Å²) >= 11 is 1.42. The van der Waals surface area contributed by atoms with Gasteiger partial charge in [0.05, 0.1) is 5.75 Å². The highest BCUT2D eigenvalue weighted by molar-refractivity contribution is 8.00. The minimum Gasteiger partial charge on any atom is -0.294 e. The first-order chi connectivity index (χ1) is 10.6. The normalized spacial score (nSPS) is 13.9. The van der Waals surface area contributed by atoms with Gasteiger partial charge in [-0.1, -0.05) is 12.1 Å². The van der Waals surface area contributed by atoms with E-state index in [2.05, 4.69) is 0 Å². The Bertz CT molecular complexity index is 688. The molecule has 2 nitrogen and oxygen atoms in total. The van der Waals surface area contributed by atoms with Crippen molar-refractivity contribution in [3.8, 4) is 0 Å². The van der Waals surface area contributed by atoms with Gasteiger partial charge >= 0.3 is 0 Å². The number of carbonyl (C=O) groups is 2. The van der Waals surface area contributed by atoms with Crippen LogP contribution in [0, 0.1) is 11.7 Å². The Labute approximate surface area is 132 Å². The molecular formula is C18H15FO2S. The van der Waals surface area contributed by atoms with Gasteiger partial charge in [-0.05, 0) is 49.2 Å². The van der Waals surface area contributed by atoms with E-state index in [-0.39, 0.29) is 23.3 Å². The number of hydrogen-bond acceptors (Lipinski definition) is 3. The number of rotatable bonds is 6. The molecule has 22 heavy (non-hydrogen) atoms. The fraction of sp³-hybridized carbons (Fsp3) is 0.222. The van der Waals surface area contributed by atoms with Gasteiger partial charge in [-0.2, -0.15) is 0 Å². The lowest BCUT2D eigenvalue weighted by Crippen LogP contribution is -2.03. The standard InChI is InChI=1S/C18H15FO2S/c19-15-7-3-12(4-8-15)17(20)11-22-16-9-5-14(6-10-16)18(21)13-1-2-13/h3-10,13H,1-2,11H2. The first-order valence-corrected chi connectivity index (χ1v) is 8.18. The predicted octanol–water partition coefficient (Wildman–Crippen LogP) is 4.39. The molecule has 2 aromatic rings. The Morgan fingerprint density at radius 1 is 0.955 bits per heavy atom. The van der Waals surface area contributed by atoms with E-state index < -0.39 is 0 Å². The summed E-state index contributed by atoms with van der Waals surface area (Å²) in [5.74, 6) is 0.349. The lowest BCUT2D eigenvalue weighted by atomic mass is 10.1. The number of carbonyl (C=O) groups excluding carboxylic acids is 2. The molecular weight excluding hydrogens is 299 g/mol. The van der Waals surface area contributed by atoms with E-state index in [1.807, 2.05) is 24.3 Å². The van der Waals surface area contributed by atoms with Crippen LogP contribution in [-0.4, -0.2) is 17.3 Å². The summed E-state index contributed by atoms with van der Waals surface area (Å²) in [7, 11) is 0. The molecule has 0 saturated heterocycles. The van der Waals surface area contributed by atoms with Gasteiger partial charge in [-0.15, -0.1) is 11.8 Å². The lowest BCUT2D eigenvalue weighted by molar-refractivity contribution is 0.0966. The molecule has 0 amide bonds. The molecule has 2 aromatic carbocycles. The van der Waals surface area contributed by atoms with Crippen LogP contribution in [0.25, 0.3) is 0 Å². The smallest absolute Gasteiger partial charge is 0.173 e. The van der Waals surface area contributed by atoms with E-state index in [9.17, 15) is 14.0 Å². The first-order valence-electron chi connectivity index (χ1n) is 7.19. The van der Waals surface area contributed by atoms with Crippen LogP contribution in [0.2, 0.25) is 0 Å². The van der Waals surface area contributed by atoms with Crippen LogP contribution in [0.5, 0.6) is 0 Å². The zero-order chi connectivity index (χ0) is 15.5. The Morgan fingerprint density at radius 2 is 1.55 bits per heavy atom. The molecule has 0 aliphatic heterocycles. The molecule has 0 spiro atoms. The van der Waals surface area contributed by atoms with Crippen LogP contribution in [-0.2, 0) is 0 Å². The average molecular weight is 314 g/mol. The Hall–Kier alpha value is -1.94. The number of halogens is 1. The molecule has 0 heterocycles. The van der Waals surface area contributed by atoms with Crippen LogP contribution < -0.4 is 0 Å². The monoisotopic (exact) mass is 314 g/mol. The minimum atomic E-state index is -0.347. The fourth-order valence-corrected chi connectivity index (χ4v) is 2.96. The summed E-state index contributed by atoms with van der Waals surface area (Å²) in [6.07, 6.45) is 2.00. The van der Waals surface area contributed by atoms with Crippen molar-refractivity contribution in [3.05, 3.63) is 65.5 Å². The molecule has 3 rings (SSSR count). The number of ketones is 2. The summed E-state index contributed by atoms with van der Waals surface area (Å²) in [6, 6.07) is 13.0. The molecule has 1 fully saturated rings. The van der Waals surface area contributed by atoms with Crippen molar-refractivity contribution in [1.82, 2.24) is 0 Å². The second-order valence-corrected chi connectivity index (χ2v) is 6.43. The first kappa shape index (κ1) is 15.0. The van der Waals surface area contributed by atoms with E-state index >= 15 is 0 Å². The molecule has 1 aliphatic rings. The molecule has 0 unspecified atom stereocenters. The van der Waals surface area contributed by atoms with Gasteiger partial charge in [-0.3, -0.25) is 9.59 Å². The summed E-state index contributed by atoms with van der Waals surface area (Å²) in [6.45, 7) is 0. The zero-order valence-corrected chi connectivity index (χ0v) is 12.7. The third kappa shape index (κ3) is 3.63. The van der Waals surface area contributed by atoms with Crippen molar-refractivity contribution < 1.29 is 14.0 Å². The molecule has 4 heteroatoms. The zero-order valence-electron chi connectivity index (χ0n) is 11.9. The summed E-state index contributed by atoms with van der Waals surface area (Å²) in [5, 5.41) is 0. The topological polar surface area (TPSA) is 34.1 Å². The maximum absolute atomic E-state index is 12.8. The van der Waals surface area contributed by atoms with E-state index in [4.69, 9.17) is 0 Å². The van der Waals surface area contributed by atoms with E-state index in [1.54, 1.807) is 0 Å². The van der Waals surface area contributed by atoms with Gasteiger partial charge in [0, 0.05) is 21.9 Å². The van der Waals surface area contributed by atoms with Crippen LogP contribution in [0.15, 0.2) is 53.4 Å². The number of Topliss-reactive ketones (excluding diaryl/α,β-unsaturated/α-hetero) is 2. The molecule has 0 bridgehead atoms. The van der Waals surface area contributed by atoms with E-state index in [0.29, 0.717) is 11.3 Å². The third-order valence-corrected chi connectivity index (χ3v) is 4.64. The van der Waals surface area contributed by atoms with Gasteiger partial charge in [0.2, 0.25) is 0 Å². The van der Waals surface area contributed by atoms with Crippen LogP contribution >= 0.6 is 11.8 Å². The highest BCUT2D eigenvalue weighted by Crippen LogP contribution is 2.33. The molecule has 1 saturated carbocycles. The summed E-state index contributed by atoms with van der Waals surface area (Å²) < 4.78 is 12.8. The highest BCUT2D eigenvalue weighted by atomic mass is 32.2. The van der Waals surface area contributed by atoms with Gasteiger partial charge in [0.25, 0.3) is 0 Å². The largest absolute Gasteiger partial charge is 0.294 e. The second kappa shape index (κ2) is 6.44. The van der Waals surface area contributed by atoms with Gasteiger partial charge in [0.15, 0.2) is 11.6 Å². The van der Waals surface area contributed by atoms with Crippen LogP contribution in [0.4, 0.5) is 4.39 Å². The number of hydrogen-bond donors (Lipinski definition) is 0. The Balaban J connectivity index is 1.57. The number of thioether (sulfide) groups is 1. The van der Waals surface area contributed by atoms with Crippen molar-refractivity contribution in [3.63, 3.8) is 0 Å². The van der Waals surface area contributed by atoms with Crippen LogP contribution in [0.1, 0.15) is 33.6 Å². The Morgan fingerprint density at radius 3 is 2.14 bits per heavy atom. The predicted molar refractivity (Wildman–Crippen MR) is 85.0 cm³/mol. The van der Waals surface area contributed by atoms with E-state index in [1.165, 1.54) is 36.0 Å². The van der Waals surface area contributed by atoms with Crippen molar-refractivity contribution >= 4 is 23.3 Å². The van der Waals surface area contributed by atoms with Crippen molar-refractivity contribution in [2.45, 2.75) is 17.7 Å². The van der Waals surface area contributed by atoms with Crippen molar-refractivity contribution in [2.75, 3.05) is 5.75 Å². The van der Waals surface area contributed by atoms with Gasteiger partial charge in [0.1, 0.15) is 5.82 Å². The SMILES string of the molecule is O=C(CSc1ccc(C(=O)C2CC2)cc1)c1ccc(F)cc1. The molecule has 0 N–H and O–H groups in total. The average Bonchev–Trinajstić information content (AvgIpc) is 3.38. The minimum absolute atomic E-state index is 0.0388. The summed E-state index contributed by atoms with van der Waals surface area (Å²) in [5.41, 5.74) is 1.26. The fourth-order valence-electron chi connectivity index (χ4n) is 2.16. The third-order valence-electron chi connectivity index (χ3n) is 3.62. The molecule has 0 aromatic heterocycles. The van der Waals surface area contributed by atoms with Gasteiger partial charge in [-0.25, -0.2) is 4.39 Å². The number of benzene rings is 2. The maximum atomic E-state index is 12.8. The second-order valence-electron chi connectivity index (χ2n) is 5.38. The molecule has 0 radical (unpaired) electrons. The van der Waals surface area contributed by atoms with Gasteiger partial charge < -0.3 is 0 Å². The Kier molecular flexibility index (Phi) is 4.39. The van der Waals surface area contributed by atoms with Crippen molar-refractivity contribution in [1.29, 1.82) is 0 Å². The van der Waals surface area contributed by atoms with Crippen molar-refractivity contribution in [2.24, 2.45) is 5.92 Å². The maximum Gasteiger partial charge on any atom is 0.173 e. The highest BCUT2D eigenvalue weighted by Gasteiger charge is 2.30. The molecule has 112 valence electrons.